The van der Waals surface area contributed by atoms with Gasteiger partial charge in [-0.25, -0.2) is 15.0 Å². The van der Waals surface area contributed by atoms with E-state index in [0.717, 1.165) is 38.6 Å². The summed E-state index contributed by atoms with van der Waals surface area (Å²) in [4.78, 5) is 17.9. The van der Waals surface area contributed by atoms with Gasteiger partial charge in [0.05, 0.1) is 5.41 Å². The van der Waals surface area contributed by atoms with Gasteiger partial charge in [-0.3, -0.25) is 0 Å². The molecule has 0 unspecified atom stereocenters. The zero-order chi connectivity index (χ0) is 33.8. The first-order valence-corrected chi connectivity index (χ1v) is 17.8. The van der Waals surface area contributed by atoms with Crippen LogP contribution >= 0.6 is 11.8 Å². The Morgan fingerprint density at radius 2 is 0.922 bits per heavy atom. The van der Waals surface area contributed by atoms with Crippen LogP contribution in [0.3, 0.4) is 0 Å². The topological polar surface area (TPSA) is 51.8 Å². The lowest BCUT2D eigenvalue weighted by Gasteiger charge is -2.42. The van der Waals surface area contributed by atoms with Crippen molar-refractivity contribution in [2.45, 2.75) is 15.2 Å². The highest BCUT2D eigenvalue weighted by molar-refractivity contribution is 7.99. The molecule has 0 aliphatic carbocycles. The second kappa shape index (κ2) is 11.9. The van der Waals surface area contributed by atoms with Gasteiger partial charge in [-0.2, -0.15) is 0 Å². The summed E-state index contributed by atoms with van der Waals surface area (Å²) in [5.74, 6) is 1.86. The lowest BCUT2D eigenvalue weighted by Crippen LogP contribution is -2.34. The summed E-state index contributed by atoms with van der Waals surface area (Å²) in [7, 11) is 0. The monoisotopic (exact) mass is 671 g/mol. The third kappa shape index (κ3) is 4.81. The molecule has 0 atom stereocenters. The van der Waals surface area contributed by atoms with Crippen molar-refractivity contribution in [2.24, 2.45) is 0 Å². The molecule has 0 saturated carbocycles. The third-order valence-corrected chi connectivity index (χ3v) is 11.0. The fourth-order valence-electron chi connectivity index (χ4n) is 7.56. The standard InChI is InChI=1S/C46H29N3OS/c1-4-14-30(15-5-1)43-47-44(31-24-26-40-36(28-31)35-20-10-12-22-39(35)50-40)49-45(48-43)32-25-27-42-38(29-32)46(33-16-6-2-7-17-33,34-18-8-3-9-19-34)37-21-11-13-23-41(37)51-42/h1-29H. The van der Waals surface area contributed by atoms with Crippen molar-refractivity contribution >= 4 is 33.7 Å². The minimum Gasteiger partial charge on any atom is -0.456 e. The second-order valence-electron chi connectivity index (χ2n) is 12.8. The summed E-state index contributed by atoms with van der Waals surface area (Å²) < 4.78 is 6.14. The van der Waals surface area contributed by atoms with Gasteiger partial charge in [-0.1, -0.05) is 145 Å². The number of nitrogens with zero attached hydrogens (tertiary/aromatic N) is 3. The number of hydrogen-bond donors (Lipinski definition) is 0. The van der Waals surface area contributed by atoms with Crippen LogP contribution in [0.4, 0.5) is 0 Å². The lowest BCUT2D eigenvalue weighted by molar-refractivity contribution is 0.669. The summed E-state index contributed by atoms with van der Waals surface area (Å²) in [6.07, 6.45) is 0. The van der Waals surface area contributed by atoms with Crippen LogP contribution in [0.1, 0.15) is 22.3 Å². The average Bonchev–Trinajstić information content (AvgIpc) is 3.59. The quantitative estimate of drug-likeness (QED) is 0.182. The molecule has 0 spiro atoms. The van der Waals surface area contributed by atoms with Crippen LogP contribution in [-0.2, 0) is 5.41 Å². The Bertz CT molecular complexity index is 2690. The second-order valence-corrected chi connectivity index (χ2v) is 13.9. The van der Waals surface area contributed by atoms with Gasteiger partial charge in [0.25, 0.3) is 0 Å². The van der Waals surface area contributed by atoms with E-state index < -0.39 is 5.41 Å². The van der Waals surface area contributed by atoms with Gasteiger partial charge < -0.3 is 4.42 Å². The van der Waals surface area contributed by atoms with Crippen LogP contribution in [0.5, 0.6) is 0 Å². The molecule has 1 aliphatic heterocycles. The molecule has 7 aromatic carbocycles. The van der Waals surface area contributed by atoms with E-state index in [1.807, 2.05) is 72.4 Å². The molecule has 9 aromatic rings. The highest BCUT2D eigenvalue weighted by Crippen LogP contribution is 2.56. The van der Waals surface area contributed by atoms with E-state index in [-0.39, 0.29) is 0 Å². The minimum atomic E-state index is -0.554. The Labute approximate surface area is 299 Å². The zero-order valence-corrected chi connectivity index (χ0v) is 28.2. The Morgan fingerprint density at radius 3 is 1.65 bits per heavy atom. The van der Waals surface area contributed by atoms with Gasteiger partial charge >= 0.3 is 0 Å². The van der Waals surface area contributed by atoms with Crippen molar-refractivity contribution < 1.29 is 4.42 Å². The van der Waals surface area contributed by atoms with Crippen molar-refractivity contribution in [3.05, 3.63) is 198 Å². The number of furan rings is 1. The molecule has 0 N–H and O–H groups in total. The Morgan fingerprint density at radius 1 is 0.392 bits per heavy atom. The predicted molar refractivity (Wildman–Crippen MR) is 206 cm³/mol. The normalized spacial score (nSPS) is 13.2. The van der Waals surface area contributed by atoms with E-state index in [4.69, 9.17) is 19.4 Å². The molecule has 0 saturated heterocycles. The van der Waals surface area contributed by atoms with Crippen LogP contribution < -0.4 is 0 Å². The number of fused-ring (bicyclic) bond motifs is 5. The molecule has 0 amide bonds. The van der Waals surface area contributed by atoms with Crippen molar-refractivity contribution in [2.75, 3.05) is 0 Å². The van der Waals surface area contributed by atoms with Crippen LogP contribution in [0.2, 0.25) is 0 Å². The third-order valence-electron chi connectivity index (χ3n) is 9.87. The molecule has 4 nitrogen and oxygen atoms in total. The number of hydrogen-bond acceptors (Lipinski definition) is 5. The van der Waals surface area contributed by atoms with Crippen molar-refractivity contribution in [1.82, 2.24) is 15.0 Å². The van der Waals surface area contributed by atoms with Gasteiger partial charge in [-0.05, 0) is 64.7 Å². The molecule has 5 heteroatoms. The van der Waals surface area contributed by atoms with Crippen molar-refractivity contribution in [3.8, 4) is 34.2 Å². The van der Waals surface area contributed by atoms with Crippen molar-refractivity contribution in [1.29, 1.82) is 0 Å². The molecule has 10 rings (SSSR count). The van der Waals surface area contributed by atoms with Gasteiger partial charge in [0.2, 0.25) is 0 Å². The summed E-state index contributed by atoms with van der Waals surface area (Å²) in [5.41, 5.74) is 8.80. The SMILES string of the molecule is c1ccc(-c2nc(-c3ccc4c(c3)C(c3ccccc3)(c3ccccc3)c3ccccc3S4)nc(-c3ccc4oc5ccccc5c4c3)n2)cc1. The van der Waals surface area contributed by atoms with Gasteiger partial charge in [0, 0.05) is 37.3 Å². The van der Waals surface area contributed by atoms with Gasteiger partial charge in [-0.15, -0.1) is 0 Å². The van der Waals surface area contributed by atoms with Gasteiger partial charge in [0.1, 0.15) is 11.2 Å². The van der Waals surface area contributed by atoms with Crippen LogP contribution in [0.25, 0.3) is 56.1 Å². The Hall–Kier alpha value is -6.30. The van der Waals surface area contributed by atoms with Crippen LogP contribution in [0, 0.1) is 0 Å². The van der Waals surface area contributed by atoms with Crippen LogP contribution in [-0.4, -0.2) is 15.0 Å². The Kier molecular flexibility index (Phi) is 6.93. The Balaban J connectivity index is 1.22. The first-order chi connectivity index (χ1) is 25.3. The molecule has 0 radical (unpaired) electrons. The molecule has 2 aromatic heterocycles. The molecule has 3 heterocycles. The van der Waals surface area contributed by atoms with E-state index >= 15 is 0 Å². The van der Waals surface area contributed by atoms with E-state index in [2.05, 4.69) is 115 Å². The molecule has 240 valence electrons. The number of aromatic nitrogens is 3. The maximum Gasteiger partial charge on any atom is 0.164 e. The summed E-state index contributed by atoms with van der Waals surface area (Å²) in [6.45, 7) is 0. The van der Waals surface area contributed by atoms with E-state index in [1.165, 1.54) is 32.0 Å². The van der Waals surface area contributed by atoms with E-state index in [1.54, 1.807) is 0 Å². The minimum absolute atomic E-state index is 0.554. The fourth-order valence-corrected chi connectivity index (χ4v) is 8.73. The first-order valence-electron chi connectivity index (χ1n) is 17.0. The van der Waals surface area contributed by atoms with Crippen molar-refractivity contribution in [3.63, 3.8) is 0 Å². The van der Waals surface area contributed by atoms with E-state index in [9.17, 15) is 0 Å². The number of rotatable bonds is 5. The molecule has 0 fully saturated rings. The highest BCUT2D eigenvalue weighted by Gasteiger charge is 2.44. The summed E-state index contributed by atoms with van der Waals surface area (Å²) in [6, 6.07) is 61.7. The van der Waals surface area contributed by atoms with E-state index in [0.29, 0.717) is 17.5 Å². The maximum absolute atomic E-state index is 6.14. The predicted octanol–water partition coefficient (Wildman–Crippen LogP) is 11.6. The number of benzene rings is 7. The number of para-hydroxylation sites is 1. The van der Waals surface area contributed by atoms with Crippen LogP contribution in [0.15, 0.2) is 190 Å². The fraction of sp³-hybridized carbons (Fsp3) is 0.0217. The largest absolute Gasteiger partial charge is 0.456 e. The molecule has 0 bridgehead atoms. The smallest absolute Gasteiger partial charge is 0.164 e. The van der Waals surface area contributed by atoms with Gasteiger partial charge in [0.15, 0.2) is 17.5 Å². The highest BCUT2D eigenvalue weighted by atomic mass is 32.2. The zero-order valence-electron chi connectivity index (χ0n) is 27.4. The molecule has 1 aliphatic rings. The molecular weight excluding hydrogens is 643 g/mol. The molecule has 51 heavy (non-hydrogen) atoms. The lowest BCUT2D eigenvalue weighted by atomic mass is 9.64. The maximum atomic E-state index is 6.14. The average molecular weight is 672 g/mol. The summed E-state index contributed by atoms with van der Waals surface area (Å²) >= 11 is 1.82. The first kappa shape index (κ1) is 29.6. The molecular formula is C46H29N3OS. The summed E-state index contributed by atoms with van der Waals surface area (Å²) in [5, 5.41) is 2.10.